The van der Waals surface area contributed by atoms with Gasteiger partial charge in [0.25, 0.3) is 0 Å². The Kier molecular flexibility index (Phi) is 9.87. The standard InChI is InChI=1S/C23H37N5O2.HI/c1-23(2,3)30-22(29)26-19-12-15-28(17-19)21(24-4)25-16-20(27-13-8-9-14-27)18-10-6-5-7-11-18;/h5-7,10-11,19-20H,8-9,12-17H2,1-4H3,(H,24,25)(H,26,29);1H. The number of benzene rings is 1. The first-order valence-electron chi connectivity index (χ1n) is 11.1. The Morgan fingerprint density at radius 2 is 1.87 bits per heavy atom. The highest BCUT2D eigenvalue weighted by Crippen LogP contribution is 2.24. The number of likely N-dealkylation sites (tertiary alicyclic amines) is 2. The Balaban J connectivity index is 0.00000341. The molecule has 2 heterocycles. The zero-order valence-corrected chi connectivity index (χ0v) is 21.6. The molecule has 1 amide bonds. The van der Waals surface area contributed by atoms with Crippen LogP contribution in [-0.4, -0.2) is 73.3 Å². The molecule has 8 heteroatoms. The van der Waals surface area contributed by atoms with E-state index in [4.69, 9.17) is 4.74 Å². The molecule has 2 unspecified atom stereocenters. The van der Waals surface area contributed by atoms with Crippen LogP contribution in [0.2, 0.25) is 0 Å². The number of nitrogens with zero attached hydrogens (tertiary/aromatic N) is 3. The van der Waals surface area contributed by atoms with Crippen molar-refractivity contribution in [2.75, 3.05) is 39.8 Å². The predicted octanol–water partition coefficient (Wildman–Crippen LogP) is 3.62. The first-order valence-corrected chi connectivity index (χ1v) is 11.1. The predicted molar refractivity (Wildman–Crippen MR) is 136 cm³/mol. The van der Waals surface area contributed by atoms with Crippen LogP contribution in [0.3, 0.4) is 0 Å². The van der Waals surface area contributed by atoms with Crippen LogP contribution in [0.1, 0.15) is 51.6 Å². The number of alkyl carbamates (subject to hydrolysis) is 1. The van der Waals surface area contributed by atoms with Gasteiger partial charge in [-0.1, -0.05) is 30.3 Å². The van der Waals surface area contributed by atoms with Crippen LogP contribution in [0.5, 0.6) is 0 Å². The third-order valence-corrected chi connectivity index (χ3v) is 5.64. The van der Waals surface area contributed by atoms with Crippen molar-refractivity contribution >= 4 is 36.0 Å². The van der Waals surface area contributed by atoms with Crippen LogP contribution >= 0.6 is 24.0 Å². The molecule has 1 aromatic rings. The van der Waals surface area contributed by atoms with E-state index >= 15 is 0 Å². The molecule has 2 saturated heterocycles. The molecule has 174 valence electrons. The van der Waals surface area contributed by atoms with Gasteiger partial charge in [-0.2, -0.15) is 0 Å². The molecule has 7 nitrogen and oxygen atoms in total. The van der Waals surface area contributed by atoms with Gasteiger partial charge in [-0.15, -0.1) is 24.0 Å². The summed E-state index contributed by atoms with van der Waals surface area (Å²) in [7, 11) is 1.82. The molecule has 3 rings (SSSR count). The normalized spacial score (nSPS) is 20.8. The molecule has 2 N–H and O–H groups in total. The zero-order valence-electron chi connectivity index (χ0n) is 19.3. The Labute approximate surface area is 204 Å². The Bertz CT molecular complexity index is 716. The van der Waals surface area contributed by atoms with Crippen LogP contribution in [-0.2, 0) is 4.74 Å². The number of rotatable bonds is 5. The summed E-state index contributed by atoms with van der Waals surface area (Å²) < 4.78 is 5.39. The summed E-state index contributed by atoms with van der Waals surface area (Å²) in [5.74, 6) is 0.892. The number of aliphatic imine (C=N–C) groups is 1. The van der Waals surface area contributed by atoms with E-state index in [1.807, 2.05) is 27.8 Å². The fraction of sp³-hybridized carbons (Fsp3) is 0.652. The van der Waals surface area contributed by atoms with Crippen molar-refractivity contribution < 1.29 is 9.53 Å². The Hall–Kier alpha value is -1.55. The monoisotopic (exact) mass is 543 g/mol. The largest absolute Gasteiger partial charge is 0.444 e. The molecule has 2 atom stereocenters. The SMILES string of the molecule is CN=C(NCC(c1ccccc1)N1CCCC1)N1CCC(NC(=O)OC(C)(C)C)C1.I. The van der Waals surface area contributed by atoms with Gasteiger partial charge in [0.1, 0.15) is 5.60 Å². The second-order valence-corrected chi connectivity index (χ2v) is 9.18. The number of amides is 1. The summed E-state index contributed by atoms with van der Waals surface area (Å²) in [6.07, 6.45) is 3.06. The van der Waals surface area contributed by atoms with E-state index in [0.29, 0.717) is 6.04 Å². The second-order valence-electron chi connectivity index (χ2n) is 9.18. The van der Waals surface area contributed by atoms with E-state index in [-0.39, 0.29) is 36.1 Å². The van der Waals surface area contributed by atoms with E-state index in [1.165, 1.54) is 18.4 Å². The third kappa shape index (κ3) is 7.82. The van der Waals surface area contributed by atoms with Gasteiger partial charge in [-0.05, 0) is 58.7 Å². The van der Waals surface area contributed by atoms with Crippen LogP contribution in [0.4, 0.5) is 4.79 Å². The summed E-state index contributed by atoms with van der Waals surface area (Å²) in [5, 5.41) is 6.58. The molecule has 0 aliphatic carbocycles. The fourth-order valence-corrected chi connectivity index (χ4v) is 4.25. The Morgan fingerprint density at radius 1 is 1.19 bits per heavy atom. The molecule has 0 saturated carbocycles. The first kappa shape index (κ1) is 25.7. The number of hydrogen-bond donors (Lipinski definition) is 2. The molecule has 0 bridgehead atoms. The highest BCUT2D eigenvalue weighted by atomic mass is 127. The molecule has 0 spiro atoms. The molecule has 2 aliphatic heterocycles. The zero-order chi connectivity index (χ0) is 21.6. The maximum Gasteiger partial charge on any atom is 0.407 e. The topological polar surface area (TPSA) is 69.2 Å². The molecule has 2 aliphatic rings. The molecular formula is C23H38IN5O2. The van der Waals surface area contributed by atoms with Crippen molar-refractivity contribution in [3.05, 3.63) is 35.9 Å². The Morgan fingerprint density at radius 3 is 2.48 bits per heavy atom. The summed E-state index contributed by atoms with van der Waals surface area (Å²) in [6, 6.07) is 11.1. The molecule has 2 fully saturated rings. The lowest BCUT2D eigenvalue weighted by Gasteiger charge is -2.30. The third-order valence-electron chi connectivity index (χ3n) is 5.64. The number of halogens is 1. The quantitative estimate of drug-likeness (QED) is 0.338. The number of hydrogen-bond acceptors (Lipinski definition) is 4. The van der Waals surface area contributed by atoms with Crippen molar-refractivity contribution in [1.29, 1.82) is 0 Å². The van der Waals surface area contributed by atoms with Gasteiger partial charge < -0.3 is 20.3 Å². The number of ether oxygens (including phenoxy) is 1. The van der Waals surface area contributed by atoms with Gasteiger partial charge in [-0.3, -0.25) is 9.89 Å². The average molecular weight is 543 g/mol. The molecule has 0 aromatic heterocycles. The van der Waals surface area contributed by atoms with Crippen molar-refractivity contribution in [2.45, 2.75) is 57.7 Å². The summed E-state index contributed by atoms with van der Waals surface area (Å²) in [5.41, 5.74) is 0.857. The highest BCUT2D eigenvalue weighted by molar-refractivity contribution is 14.0. The second kappa shape index (κ2) is 11.9. The first-order chi connectivity index (χ1) is 14.4. The van der Waals surface area contributed by atoms with E-state index in [9.17, 15) is 4.79 Å². The number of carbonyl (C=O) groups is 1. The highest BCUT2D eigenvalue weighted by Gasteiger charge is 2.29. The van der Waals surface area contributed by atoms with Gasteiger partial charge in [0.15, 0.2) is 5.96 Å². The van der Waals surface area contributed by atoms with Crippen LogP contribution < -0.4 is 10.6 Å². The maximum atomic E-state index is 12.1. The van der Waals surface area contributed by atoms with E-state index < -0.39 is 5.60 Å². The lowest BCUT2D eigenvalue weighted by atomic mass is 10.1. The van der Waals surface area contributed by atoms with Gasteiger partial charge in [0, 0.05) is 26.7 Å². The molecule has 31 heavy (non-hydrogen) atoms. The molecule has 0 radical (unpaired) electrons. The lowest BCUT2D eigenvalue weighted by molar-refractivity contribution is 0.0507. The minimum absolute atomic E-state index is 0. The van der Waals surface area contributed by atoms with Crippen LogP contribution in [0.25, 0.3) is 0 Å². The number of nitrogens with one attached hydrogen (secondary N) is 2. The van der Waals surface area contributed by atoms with Gasteiger partial charge >= 0.3 is 6.09 Å². The smallest absolute Gasteiger partial charge is 0.407 e. The van der Waals surface area contributed by atoms with E-state index in [0.717, 1.165) is 45.1 Å². The van der Waals surface area contributed by atoms with Gasteiger partial charge in [-0.25, -0.2) is 4.79 Å². The summed E-state index contributed by atoms with van der Waals surface area (Å²) in [4.78, 5) is 21.4. The van der Waals surface area contributed by atoms with Crippen molar-refractivity contribution in [2.24, 2.45) is 4.99 Å². The maximum absolute atomic E-state index is 12.1. The van der Waals surface area contributed by atoms with Crippen LogP contribution in [0, 0.1) is 0 Å². The minimum atomic E-state index is -0.484. The summed E-state index contributed by atoms with van der Waals surface area (Å²) in [6.45, 7) is 10.3. The fourth-order valence-electron chi connectivity index (χ4n) is 4.25. The molecule has 1 aromatic carbocycles. The van der Waals surface area contributed by atoms with Gasteiger partial charge in [0.2, 0.25) is 0 Å². The summed E-state index contributed by atoms with van der Waals surface area (Å²) >= 11 is 0. The van der Waals surface area contributed by atoms with E-state index in [2.05, 4.69) is 55.8 Å². The van der Waals surface area contributed by atoms with Crippen LogP contribution in [0.15, 0.2) is 35.3 Å². The van der Waals surface area contributed by atoms with E-state index in [1.54, 1.807) is 0 Å². The van der Waals surface area contributed by atoms with Crippen molar-refractivity contribution in [3.63, 3.8) is 0 Å². The van der Waals surface area contributed by atoms with Gasteiger partial charge in [0.05, 0.1) is 12.1 Å². The molecular weight excluding hydrogens is 505 g/mol. The number of carbonyl (C=O) groups excluding carboxylic acids is 1. The lowest BCUT2D eigenvalue weighted by Crippen LogP contribution is -2.46. The average Bonchev–Trinajstić information content (AvgIpc) is 3.37. The number of guanidine groups is 1. The minimum Gasteiger partial charge on any atom is -0.444 e. The van der Waals surface area contributed by atoms with Crippen molar-refractivity contribution in [3.8, 4) is 0 Å². The van der Waals surface area contributed by atoms with Crippen molar-refractivity contribution in [1.82, 2.24) is 20.4 Å².